The standard InChI is InChI=1S/C12H27N/c1-4-6-7-8-9-12(5-2)11(3)10-13/h11-12H,4-10,13H2,1-3H3/t11?,12-/m1/s1. The molecule has 0 aliphatic rings. The van der Waals surface area contributed by atoms with Crippen molar-refractivity contribution in [3.8, 4) is 0 Å². The summed E-state index contributed by atoms with van der Waals surface area (Å²) >= 11 is 0. The van der Waals surface area contributed by atoms with Gasteiger partial charge in [0.1, 0.15) is 0 Å². The van der Waals surface area contributed by atoms with Crippen molar-refractivity contribution in [2.75, 3.05) is 6.54 Å². The molecule has 0 aromatic heterocycles. The van der Waals surface area contributed by atoms with Gasteiger partial charge in [0.2, 0.25) is 0 Å². The van der Waals surface area contributed by atoms with Gasteiger partial charge < -0.3 is 5.73 Å². The lowest BCUT2D eigenvalue weighted by Crippen LogP contribution is -2.20. The number of unbranched alkanes of at least 4 members (excludes halogenated alkanes) is 3. The van der Waals surface area contributed by atoms with E-state index in [2.05, 4.69) is 20.8 Å². The summed E-state index contributed by atoms with van der Waals surface area (Å²) in [6, 6.07) is 0. The Kier molecular flexibility index (Phi) is 8.53. The molecule has 1 heteroatoms. The topological polar surface area (TPSA) is 26.0 Å². The van der Waals surface area contributed by atoms with Crippen LogP contribution in [0.2, 0.25) is 0 Å². The fraction of sp³-hybridized carbons (Fsp3) is 1.00. The second-order valence-electron chi connectivity index (χ2n) is 4.23. The van der Waals surface area contributed by atoms with E-state index in [9.17, 15) is 0 Å². The summed E-state index contributed by atoms with van der Waals surface area (Å²) in [6.07, 6.45) is 8.22. The van der Waals surface area contributed by atoms with Gasteiger partial charge in [-0.05, 0) is 18.4 Å². The third-order valence-electron chi connectivity index (χ3n) is 3.13. The highest BCUT2D eigenvalue weighted by atomic mass is 14.5. The molecule has 2 atom stereocenters. The van der Waals surface area contributed by atoms with Crippen LogP contribution in [0, 0.1) is 11.8 Å². The Balaban J connectivity index is 3.47. The van der Waals surface area contributed by atoms with Crippen LogP contribution in [0.15, 0.2) is 0 Å². The first kappa shape index (κ1) is 13.0. The lowest BCUT2D eigenvalue weighted by molar-refractivity contribution is 0.321. The Hall–Kier alpha value is -0.0400. The lowest BCUT2D eigenvalue weighted by Gasteiger charge is -2.20. The van der Waals surface area contributed by atoms with Gasteiger partial charge in [-0.3, -0.25) is 0 Å². The first-order chi connectivity index (χ1) is 6.26. The first-order valence-electron chi connectivity index (χ1n) is 5.96. The van der Waals surface area contributed by atoms with E-state index in [1.807, 2.05) is 0 Å². The molecule has 0 saturated carbocycles. The van der Waals surface area contributed by atoms with Gasteiger partial charge in [0.25, 0.3) is 0 Å². The van der Waals surface area contributed by atoms with Crippen LogP contribution in [0.1, 0.15) is 59.3 Å². The molecule has 0 aromatic carbocycles. The van der Waals surface area contributed by atoms with E-state index in [0.717, 1.165) is 12.5 Å². The third-order valence-corrected chi connectivity index (χ3v) is 3.13. The quantitative estimate of drug-likeness (QED) is 0.575. The SMILES string of the molecule is CCCCCC[C@@H](CC)C(C)CN. The predicted octanol–water partition coefficient (Wildman–Crippen LogP) is 3.58. The molecule has 1 nitrogen and oxygen atoms in total. The molecule has 0 radical (unpaired) electrons. The van der Waals surface area contributed by atoms with E-state index >= 15 is 0 Å². The van der Waals surface area contributed by atoms with Crippen molar-refractivity contribution in [1.82, 2.24) is 0 Å². The van der Waals surface area contributed by atoms with Crippen LogP contribution in [0.3, 0.4) is 0 Å². The van der Waals surface area contributed by atoms with Crippen LogP contribution in [-0.2, 0) is 0 Å². The maximum Gasteiger partial charge on any atom is -0.00489 e. The third kappa shape index (κ3) is 6.09. The van der Waals surface area contributed by atoms with Crippen LogP contribution >= 0.6 is 0 Å². The monoisotopic (exact) mass is 185 g/mol. The van der Waals surface area contributed by atoms with Crippen LogP contribution in [0.5, 0.6) is 0 Å². The minimum atomic E-state index is 0.714. The molecule has 0 aliphatic carbocycles. The van der Waals surface area contributed by atoms with Crippen molar-refractivity contribution >= 4 is 0 Å². The second kappa shape index (κ2) is 8.55. The Morgan fingerprint density at radius 2 is 1.77 bits per heavy atom. The number of hydrogen-bond donors (Lipinski definition) is 1. The Labute approximate surface area is 84.1 Å². The molecule has 1 unspecified atom stereocenters. The van der Waals surface area contributed by atoms with Crippen molar-refractivity contribution in [2.24, 2.45) is 17.6 Å². The van der Waals surface area contributed by atoms with E-state index in [1.54, 1.807) is 0 Å². The molecule has 2 N–H and O–H groups in total. The van der Waals surface area contributed by atoms with Crippen LogP contribution in [-0.4, -0.2) is 6.54 Å². The van der Waals surface area contributed by atoms with Crippen molar-refractivity contribution in [3.63, 3.8) is 0 Å². The molecule has 0 fully saturated rings. The molecule has 0 rings (SSSR count). The van der Waals surface area contributed by atoms with Crippen LogP contribution in [0.25, 0.3) is 0 Å². The average Bonchev–Trinajstić information content (AvgIpc) is 2.17. The first-order valence-corrected chi connectivity index (χ1v) is 5.96. The van der Waals surface area contributed by atoms with Crippen molar-refractivity contribution in [3.05, 3.63) is 0 Å². The van der Waals surface area contributed by atoms with Crippen molar-refractivity contribution in [2.45, 2.75) is 59.3 Å². The maximum atomic E-state index is 5.68. The van der Waals surface area contributed by atoms with Gasteiger partial charge >= 0.3 is 0 Å². The summed E-state index contributed by atoms with van der Waals surface area (Å²) in [5.74, 6) is 1.58. The molecule has 13 heavy (non-hydrogen) atoms. The van der Waals surface area contributed by atoms with Gasteiger partial charge in [-0.1, -0.05) is 59.3 Å². The predicted molar refractivity (Wildman–Crippen MR) is 60.8 cm³/mol. The smallest absolute Gasteiger partial charge is 0.00489 e. The van der Waals surface area contributed by atoms with Gasteiger partial charge in [0.15, 0.2) is 0 Å². The Morgan fingerprint density at radius 1 is 1.08 bits per heavy atom. The molecule has 0 saturated heterocycles. The average molecular weight is 185 g/mol. The summed E-state index contributed by atoms with van der Waals surface area (Å²) in [5.41, 5.74) is 5.68. The normalized spacial score (nSPS) is 15.7. The molecule has 0 heterocycles. The minimum Gasteiger partial charge on any atom is -0.330 e. The van der Waals surface area contributed by atoms with Crippen molar-refractivity contribution in [1.29, 1.82) is 0 Å². The van der Waals surface area contributed by atoms with Crippen molar-refractivity contribution < 1.29 is 0 Å². The molecule has 0 bridgehead atoms. The summed E-state index contributed by atoms with van der Waals surface area (Å²) in [7, 11) is 0. The van der Waals surface area contributed by atoms with Gasteiger partial charge in [0.05, 0.1) is 0 Å². The van der Waals surface area contributed by atoms with Gasteiger partial charge in [-0.2, -0.15) is 0 Å². The van der Waals surface area contributed by atoms with Gasteiger partial charge in [0, 0.05) is 0 Å². The molecule has 80 valence electrons. The fourth-order valence-corrected chi connectivity index (χ4v) is 1.92. The molecule has 0 aromatic rings. The minimum absolute atomic E-state index is 0.714. The van der Waals surface area contributed by atoms with E-state index in [-0.39, 0.29) is 0 Å². The highest BCUT2D eigenvalue weighted by molar-refractivity contribution is 4.65. The lowest BCUT2D eigenvalue weighted by atomic mass is 9.87. The summed E-state index contributed by atoms with van der Waals surface area (Å²) in [5, 5.41) is 0. The Bertz CT molecular complexity index is 101. The molecule has 0 spiro atoms. The zero-order valence-electron chi connectivity index (χ0n) is 9.68. The summed E-state index contributed by atoms with van der Waals surface area (Å²) in [6.45, 7) is 7.69. The molecular formula is C12H27N. The largest absolute Gasteiger partial charge is 0.330 e. The van der Waals surface area contributed by atoms with E-state index < -0.39 is 0 Å². The fourth-order valence-electron chi connectivity index (χ4n) is 1.92. The molecular weight excluding hydrogens is 158 g/mol. The zero-order valence-corrected chi connectivity index (χ0v) is 9.68. The maximum absolute atomic E-state index is 5.68. The second-order valence-corrected chi connectivity index (χ2v) is 4.23. The van der Waals surface area contributed by atoms with Gasteiger partial charge in [-0.25, -0.2) is 0 Å². The number of rotatable bonds is 8. The number of hydrogen-bond acceptors (Lipinski definition) is 1. The zero-order chi connectivity index (χ0) is 10.1. The highest BCUT2D eigenvalue weighted by Gasteiger charge is 2.12. The molecule has 0 aliphatic heterocycles. The highest BCUT2D eigenvalue weighted by Crippen LogP contribution is 2.21. The van der Waals surface area contributed by atoms with E-state index in [4.69, 9.17) is 5.73 Å². The van der Waals surface area contributed by atoms with E-state index in [1.165, 1.54) is 38.5 Å². The van der Waals surface area contributed by atoms with Crippen LogP contribution in [0.4, 0.5) is 0 Å². The number of nitrogens with two attached hydrogens (primary N) is 1. The van der Waals surface area contributed by atoms with Crippen LogP contribution < -0.4 is 5.73 Å². The van der Waals surface area contributed by atoms with Gasteiger partial charge in [-0.15, -0.1) is 0 Å². The Morgan fingerprint density at radius 3 is 2.23 bits per heavy atom. The van der Waals surface area contributed by atoms with E-state index in [0.29, 0.717) is 5.92 Å². The summed E-state index contributed by atoms with van der Waals surface area (Å²) < 4.78 is 0. The summed E-state index contributed by atoms with van der Waals surface area (Å²) in [4.78, 5) is 0. The molecule has 0 amide bonds.